The molecule has 1 aliphatic heterocycles. The number of aromatic amines is 1. The topological polar surface area (TPSA) is 48.1 Å². The van der Waals surface area contributed by atoms with Crippen LogP contribution in [0.4, 0.5) is 10.1 Å². The third kappa shape index (κ3) is 3.77. The van der Waals surface area contributed by atoms with Crippen molar-refractivity contribution in [2.75, 3.05) is 18.4 Å². The van der Waals surface area contributed by atoms with Crippen LogP contribution in [0.1, 0.15) is 31.2 Å². The molecule has 1 fully saturated rings. The maximum Gasteiger partial charge on any atom is 0.241 e. The summed E-state index contributed by atoms with van der Waals surface area (Å²) in [6, 6.07) is 12.2. The molecule has 2 heterocycles. The van der Waals surface area contributed by atoms with Gasteiger partial charge >= 0.3 is 0 Å². The lowest BCUT2D eigenvalue weighted by atomic mass is 9.88. The van der Waals surface area contributed by atoms with E-state index in [1.807, 2.05) is 13.0 Å². The molecule has 2 aromatic carbocycles. The van der Waals surface area contributed by atoms with Crippen LogP contribution in [0.5, 0.6) is 0 Å². The molecule has 0 radical (unpaired) electrons. The van der Waals surface area contributed by atoms with Crippen LogP contribution in [-0.2, 0) is 4.79 Å². The van der Waals surface area contributed by atoms with Crippen LogP contribution in [0.2, 0.25) is 5.02 Å². The maximum absolute atomic E-state index is 13.9. The van der Waals surface area contributed by atoms with Crippen molar-refractivity contribution in [2.45, 2.75) is 31.7 Å². The van der Waals surface area contributed by atoms with Crippen molar-refractivity contribution in [2.24, 2.45) is 0 Å². The predicted octanol–water partition coefficient (Wildman–Crippen LogP) is 5.17. The summed E-state index contributed by atoms with van der Waals surface area (Å²) in [5, 5.41) is 4.34. The highest BCUT2D eigenvalue weighted by atomic mass is 35.5. The quantitative estimate of drug-likeness (QED) is 0.636. The number of anilines is 1. The first-order chi connectivity index (χ1) is 13.5. The number of piperidine rings is 1. The van der Waals surface area contributed by atoms with Gasteiger partial charge in [-0.15, -0.1) is 0 Å². The summed E-state index contributed by atoms with van der Waals surface area (Å²) < 4.78 is 13.9. The number of nitrogens with zero attached hydrogens (tertiary/aromatic N) is 1. The average Bonchev–Trinajstić information content (AvgIpc) is 3.14. The molecule has 1 saturated heterocycles. The molecule has 1 aromatic heterocycles. The normalized spacial score (nSPS) is 17.0. The Labute approximate surface area is 168 Å². The van der Waals surface area contributed by atoms with Gasteiger partial charge in [0.15, 0.2) is 0 Å². The summed E-state index contributed by atoms with van der Waals surface area (Å²) in [7, 11) is 0. The van der Waals surface area contributed by atoms with Crippen molar-refractivity contribution in [1.29, 1.82) is 0 Å². The Morgan fingerprint density at radius 2 is 2.00 bits per heavy atom. The SMILES string of the molecule is CC(C(=O)Nc1cc(Cl)ccc1F)N1CCC(c2c[nH]c3ccccc23)CC1. The molecule has 0 saturated carbocycles. The fourth-order valence-electron chi connectivity index (χ4n) is 4.03. The number of hydrogen-bond donors (Lipinski definition) is 2. The Bertz CT molecular complexity index is 994. The highest BCUT2D eigenvalue weighted by Gasteiger charge is 2.28. The van der Waals surface area contributed by atoms with E-state index in [1.165, 1.54) is 29.1 Å². The van der Waals surface area contributed by atoms with E-state index in [4.69, 9.17) is 11.6 Å². The number of amides is 1. The molecule has 0 spiro atoms. The maximum atomic E-state index is 13.9. The van der Waals surface area contributed by atoms with Crippen molar-refractivity contribution >= 4 is 34.1 Å². The Morgan fingerprint density at radius 3 is 2.79 bits per heavy atom. The van der Waals surface area contributed by atoms with Crippen LogP contribution in [-0.4, -0.2) is 34.9 Å². The van der Waals surface area contributed by atoms with Crippen LogP contribution < -0.4 is 5.32 Å². The van der Waals surface area contributed by atoms with E-state index in [9.17, 15) is 9.18 Å². The Hall–Kier alpha value is -2.37. The smallest absolute Gasteiger partial charge is 0.241 e. The summed E-state index contributed by atoms with van der Waals surface area (Å²) in [4.78, 5) is 18.1. The number of nitrogens with one attached hydrogen (secondary N) is 2. The Kier molecular flexibility index (Phi) is 5.38. The predicted molar refractivity (Wildman–Crippen MR) is 111 cm³/mol. The molecule has 0 aliphatic carbocycles. The van der Waals surface area contributed by atoms with Crippen molar-refractivity contribution < 1.29 is 9.18 Å². The number of benzene rings is 2. The fraction of sp³-hybridized carbons (Fsp3) is 0.318. The Morgan fingerprint density at radius 1 is 1.25 bits per heavy atom. The number of fused-ring (bicyclic) bond motifs is 1. The molecule has 3 aromatic rings. The standard InChI is InChI=1S/C22H23ClFN3O/c1-14(22(28)26-21-12-16(23)6-7-19(21)24)27-10-8-15(9-11-27)18-13-25-20-5-3-2-4-17(18)20/h2-7,12-15,25H,8-11H2,1H3,(H,26,28). The molecular weight excluding hydrogens is 377 g/mol. The molecule has 2 N–H and O–H groups in total. The van der Waals surface area contributed by atoms with E-state index in [2.05, 4.69) is 39.6 Å². The van der Waals surface area contributed by atoms with Crippen LogP contribution in [0.25, 0.3) is 10.9 Å². The third-order valence-corrected chi connectivity index (χ3v) is 5.94. The number of carbonyl (C=O) groups is 1. The van der Waals surface area contributed by atoms with Crippen LogP contribution in [0, 0.1) is 5.82 Å². The zero-order valence-electron chi connectivity index (χ0n) is 15.7. The van der Waals surface area contributed by atoms with Crippen LogP contribution in [0.15, 0.2) is 48.7 Å². The van der Waals surface area contributed by atoms with Gasteiger partial charge < -0.3 is 10.3 Å². The lowest BCUT2D eigenvalue weighted by Gasteiger charge is -2.35. The van der Waals surface area contributed by atoms with Gasteiger partial charge in [-0.25, -0.2) is 4.39 Å². The number of carbonyl (C=O) groups excluding carboxylic acids is 1. The molecule has 1 amide bonds. The number of aromatic nitrogens is 1. The van der Waals surface area contributed by atoms with Gasteiger partial charge in [-0.05, 0) is 68.6 Å². The van der Waals surface area contributed by atoms with Crippen molar-refractivity contribution in [1.82, 2.24) is 9.88 Å². The number of rotatable bonds is 4. The summed E-state index contributed by atoms with van der Waals surface area (Å²) in [5.41, 5.74) is 2.64. The highest BCUT2D eigenvalue weighted by Crippen LogP contribution is 2.33. The second kappa shape index (κ2) is 7.94. The average molecular weight is 400 g/mol. The van der Waals surface area contributed by atoms with E-state index in [1.54, 1.807) is 0 Å². The molecular formula is C22H23ClFN3O. The number of para-hydroxylation sites is 1. The van der Waals surface area contributed by atoms with E-state index in [0.29, 0.717) is 10.9 Å². The first-order valence-corrected chi connectivity index (χ1v) is 9.96. The molecule has 4 nitrogen and oxygen atoms in total. The molecule has 1 atom stereocenters. The van der Waals surface area contributed by atoms with Gasteiger partial charge in [0, 0.05) is 22.1 Å². The zero-order valence-corrected chi connectivity index (χ0v) is 16.5. The van der Waals surface area contributed by atoms with Crippen LogP contribution >= 0.6 is 11.6 Å². The van der Waals surface area contributed by atoms with E-state index >= 15 is 0 Å². The summed E-state index contributed by atoms with van der Waals surface area (Å²) in [6.45, 7) is 3.53. The first kappa shape index (κ1) is 19.0. The summed E-state index contributed by atoms with van der Waals surface area (Å²) >= 11 is 5.90. The van der Waals surface area contributed by atoms with Gasteiger partial charge in [0.05, 0.1) is 11.7 Å². The number of likely N-dealkylation sites (tertiary alicyclic amines) is 1. The molecule has 146 valence electrons. The van der Waals surface area contributed by atoms with Gasteiger partial charge in [0.25, 0.3) is 0 Å². The number of hydrogen-bond acceptors (Lipinski definition) is 2. The van der Waals surface area contributed by atoms with E-state index in [-0.39, 0.29) is 17.6 Å². The van der Waals surface area contributed by atoms with Crippen molar-refractivity contribution in [3.63, 3.8) is 0 Å². The molecule has 0 bridgehead atoms. The molecule has 28 heavy (non-hydrogen) atoms. The van der Waals surface area contributed by atoms with Crippen molar-refractivity contribution in [3.8, 4) is 0 Å². The van der Waals surface area contributed by atoms with Gasteiger partial charge in [0.1, 0.15) is 5.82 Å². The highest BCUT2D eigenvalue weighted by molar-refractivity contribution is 6.30. The zero-order chi connectivity index (χ0) is 19.7. The second-order valence-electron chi connectivity index (χ2n) is 7.39. The van der Waals surface area contributed by atoms with Crippen LogP contribution in [0.3, 0.4) is 0 Å². The Balaban J connectivity index is 1.39. The fourth-order valence-corrected chi connectivity index (χ4v) is 4.20. The minimum atomic E-state index is -0.483. The van der Waals surface area contributed by atoms with Crippen molar-refractivity contribution in [3.05, 3.63) is 65.1 Å². The van der Waals surface area contributed by atoms with Gasteiger partial charge in [-0.3, -0.25) is 9.69 Å². The monoisotopic (exact) mass is 399 g/mol. The summed E-state index contributed by atoms with van der Waals surface area (Å²) in [5.74, 6) is -0.220. The number of halogens is 2. The second-order valence-corrected chi connectivity index (χ2v) is 7.83. The minimum absolute atomic E-state index is 0.123. The number of H-pyrrole nitrogens is 1. The molecule has 6 heteroatoms. The van der Waals surface area contributed by atoms with E-state index in [0.717, 1.165) is 31.4 Å². The third-order valence-electron chi connectivity index (χ3n) is 5.70. The van der Waals surface area contributed by atoms with Gasteiger partial charge in [0.2, 0.25) is 5.91 Å². The molecule has 4 rings (SSSR count). The van der Waals surface area contributed by atoms with Gasteiger partial charge in [-0.1, -0.05) is 29.8 Å². The first-order valence-electron chi connectivity index (χ1n) is 9.59. The van der Waals surface area contributed by atoms with E-state index < -0.39 is 5.82 Å². The largest absolute Gasteiger partial charge is 0.361 e. The lowest BCUT2D eigenvalue weighted by Crippen LogP contribution is -2.45. The summed E-state index contributed by atoms with van der Waals surface area (Å²) in [6.07, 6.45) is 4.10. The van der Waals surface area contributed by atoms with Gasteiger partial charge in [-0.2, -0.15) is 0 Å². The minimum Gasteiger partial charge on any atom is -0.361 e. The molecule has 1 aliphatic rings. The lowest BCUT2D eigenvalue weighted by molar-refractivity contribution is -0.121. The molecule has 1 unspecified atom stereocenters.